The number of carbonyl (C=O) groups is 1. The highest BCUT2D eigenvalue weighted by Crippen LogP contribution is 2.30. The zero-order valence-electron chi connectivity index (χ0n) is 11.0. The van der Waals surface area contributed by atoms with Crippen molar-refractivity contribution < 1.29 is 14.3 Å². The van der Waals surface area contributed by atoms with Crippen molar-refractivity contribution >= 4 is 6.09 Å². The molecule has 1 atom stereocenters. The SMILES string of the molecule is COc1ccccc1CN1CC2(CCNC2)OC1=O. The van der Waals surface area contributed by atoms with Crippen LogP contribution in [0.3, 0.4) is 0 Å². The fourth-order valence-electron chi connectivity index (χ4n) is 2.80. The molecule has 2 saturated heterocycles. The van der Waals surface area contributed by atoms with Crippen molar-refractivity contribution in [2.75, 3.05) is 26.7 Å². The molecule has 19 heavy (non-hydrogen) atoms. The van der Waals surface area contributed by atoms with Crippen molar-refractivity contribution in [1.82, 2.24) is 10.2 Å². The van der Waals surface area contributed by atoms with Crippen molar-refractivity contribution in [3.8, 4) is 5.75 Å². The molecule has 2 aliphatic rings. The Hall–Kier alpha value is -1.75. The number of carbonyl (C=O) groups excluding carboxylic acids is 1. The average molecular weight is 262 g/mol. The lowest BCUT2D eigenvalue weighted by Crippen LogP contribution is -2.36. The predicted molar refractivity (Wildman–Crippen MR) is 70.1 cm³/mol. The first-order chi connectivity index (χ1) is 9.22. The molecule has 5 nitrogen and oxygen atoms in total. The van der Waals surface area contributed by atoms with Crippen LogP contribution in [-0.4, -0.2) is 43.3 Å². The first kappa shape index (κ1) is 12.3. The molecular formula is C14H18N2O3. The number of para-hydroxylation sites is 1. The number of nitrogens with one attached hydrogen (secondary N) is 1. The molecule has 0 aromatic heterocycles. The quantitative estimate of drug-likeness (QED) is 0.894. The molecule has 2 aliphatic heterocycles. The van der Waals surface area contributed by atoms with Crippen LogP contribution in [0.5, 0.6) is 5.75 Å². The van der Waals surface area contributed by atoms with Gasteiger partial charge in [-0.25, -0.2) is 4.79 Å². The smallest absolute Gasteiger partial charge is 0.410 e. The Kier molecular flexibility index (Phi) is 3.06. The van der Waals surface area contributed by atoms with E-state index in [4.69, 9.17) is 9.47 Å². The molecule has 2 heterocycles. The molecule has 1 N–H and O–H groups in total. The predicted octanol–water partition coefficient (Wildman–Crippen LogP) is 1.38. The lowest BCUT2D eigenvalue weighted by atomic mass is 10.0. The highest BCUT2D eigenvalue weighted by atomic mass is 16.6. The van der Waals surface area contributed by atoms with Gasteiger partial charge in [0.2, 0.25) is 0 Å². The van der Waals surface area contributed by atoms with E-state index in [0.717, 1.165) is 30.8 Å². The maximum absolute atomic E-state index is 12.0. The van der Waals surface area contributed by atoms with Gasteiger partial charge in [0.15, 0.2) is 0 Å². The number of ether oxygens (including phenoxy) is 2. The highest BCUT2D eigenvalue weighted by molar-refractivity contribution is 5.71. The zero-order chi connectivity index (χ0) is 13.3. The van der Waals surface area contributed by atoms with Crippen molar-refractivity contribution in [2.24, 2.45) is 0 Å². The molecule has 2 fully saturated rings. The van der Waals surface area contributed by atoms with Crippen LogP contribution in [0.4, 0.5) is 4.79 Å². The molecule has 0 bridgehead atoms. The van der Waals surface area contributed by atoms with Crippen LogP contribution in [0.2, 0.25) is 0 Å². The minimum absolute atomic E-state index is 0.227. The maximum atomic E-state index is 12.0. The molecule has 3 rings (SSSR count). The molecule has 0 radical (unpaired) electrons. The molecule has 1 aromatic rings. The molecule has 1 aromatic carbocycles. The third-order valence-electron chi connectivity index (χ3n) is 3.80. The Morgan fingerprint density at radius 2 is 2.32 bits per heavy atom. The summed E-state index contributed by atoms with van der Waals surface area (Å²) in [5, 5.41) is 3.25. The molecule has 0 aliphatic carbocycles. The van der Waals surface area contributed by atoms with Gasteiger partial charge >= 0.3 is 6.09 Å². The second kappa shape index (κ2) is 4.74. The van der Waals surface area contributed by atoms with E-state index >= 15 is 0 Å². The monoisotopic (exact) mass is 262 g/mol. The van der Waals surface area contributed by atoms with Gasteiger partial charge in [-0.2, -0.15) is 0 Å². The average Bonchev–Trinajstić information content (AvgIpc) is 2.98. The fourth-order valence-corrected chi connectivity index (χ4v) is 2.80. The van der Waals surface area contributed by atoms with Crippen molar-refractivity contribution in [3.63, 3.8) is 0 Å². The summed E-state index contributed by atoms with van der Waals surface area (Å²) < 4.78 is 10.9. The van der Waals surface area contributed by atoms with E-state index in [1.54, 1.807) is 12.0 Å². The molecule has 5 heteroatoms. The summed E-state index contributed by atoms with van der Waals surface area (Å²) in [5.41, 5.74) is 0.684. The second-order valence-corrected chi connectivity index (χ2v) is 5.15. The van der Waals surface area contributed by atoms with Crippen molar-refractivity contribution in [3.05, 3.63) is 29.8 Å². The second-order valence-electron chi connectivity index (χ2n) is 5.15. The van der Waals surface area contributed by atoms with Crippen LogP contribution in [-0.2, 0) is 11.3 Å². The minimum atomic E-state index is -0.320. The van der Waals surface area contributed by atoms with Crippen LogP contribution in [0.1, 0.15) is 12.0 Å². The molecule has 1 spiro atoms. The third kappa shape index (κ3) is 2.26. The molecule has 1 unspecified atom stereocenters. The number of rotatable bonds is 3. The summed E-state index contributed by atoms with van der Waals surface area (Å²) in [7, 11) is 1.64. The lowest BCUT2D eigenvalue weighted by molar-refractivity contribution is 0.0727. The molecule has 102 valence electrons. The Bertz CT molecular complexity index is 483. The van der Waals surface area contributed by atoms with Gasteiger partial charge in [0.05, 0.1) is 20.2 Å². The van der Waals surface area contributed by atoms with Gasteiger partial charge in [0, 0.05) is 18.5 Å². The third-order valence-corrected chi connectivity index (χ3v) is 3.80. The summed E-state index contributed by atoms with van der Waals surface area (Å²) in [6.07, 6.45) is 0.663. The van der Waals surface area contributed by atoms with Gasteiger partial charge in [0.25, 0.3) is 0 Å². The topological polar surface area (TPSA) is 50.8 Å². The van der Waals surface area contributed by atoms with Gasteiger partial charge in [0.1, 0.15) is 11.4 Å². The number of benzene rings is 1. The van der Waals surface area contributed by atoms with Crippen LogP contribution in [0.25, 0.3) is 0 Å². The Labute approximate surface area is 112 Å². The number of nitrogens with zero attached hydrogens (tertiary/aromatic N) is 1. The summed E-state index contributed by atoms with van der Waals surface area (Å²) in [6.45, 7) is 2.85. The van der Waals surface area contributed by atoms with E-state index in [-0.39, 0.29) is 11.7 Å². The van der Waals surface area contributed by atoms with Crippen molar-refractivity contribution in [2.45, 2.75) is 18.6 Å². The number of hydrogen-bond donors (Lipinski definition) is 1. The van der Waals surface area contributed by atoms with E-state index in [1.165, 1.54) is 0 Å². The minimum Gasteiger partial charge on any atom is -0.496 e. The number of methoxy groups -OCH3 is 1. The van der Waals surface area contributed by atoms with E-state index < -0.39 is 0 Å². The van der Waals surface area contributed by atoms with E-state index in [2.05, 4.69) is 5.32 Å². The fraction of sp³-hybridized carbons (Fsp3) is 0.500. The van der Waals surface area contributed by atoms with Gasteiger partial charge in [-0.05, 0) is 12.6 Å². The van der Waals surface area contributed by atoms with Gasteiger partial charge in [-0.3, -0.25) is 4.90 Å². The van der Waals surface area contributed by atoms with Gasteiger partial charge in [-0.1, -0.05) is 18.2 Å². The Balaban J connectivity index is 1.75. The lowest BCUT2D eigenvalue weighted by Gasteiger charge is -2.19. The number of amides is 1. The maximum Gasteiger partial charge on any atom is 0.410 e. The van der Waals surface area contributed by atoms with E-state index in [1.807, 2.05) is 24.3 Å². The first-order valence-corrected chi connectivity index (χ1v) is 6.53. The standard InChI is InChI=1S/C14H18N2O3/c1-18-12-5-3-2-4-11(12)8-16-10-14(19-13(16)17)6-7-15-9-14/h2-5,15H,6-10H2,1H3. The summed E-state index contributed by atoms with van der Waals surface area (Å²) in [6, 6.07) is 7.76. The van der Waals surface area contributed by atoms with Crippen LogP contribution < -0.4 is 10.1 Å². The van der Waals surface area contributed by atoms with Crippen LogP contribution in [0.15, 0.2) is 24.3 Å². The number of hydrogen-bond acceptors (Lipinski definition) is 4. The van der Waals surface area contributed by atoms with Gasteiger partial charge < -0.3 is 14.8 Å². The first-order valence-electron chi connectivity index (χ1n) is 6.53. The summed E-state index contributed by atoms with van der Waals surface area (Å²) in [4.78, 5) is 13.7. The zero-order valence-corrected chi connectivity index (χ0v) is 11.0. The van der Waals surface area contributed by atoms with E-state index in [9.17, 15) is 4.79 Å². The summed E-state index contributed by atoms with van der Waals surface area (Å²) in [5.74, 6) is 0.806. The van der Waals surface area contributed by atoms with Gasteiger partial charge in [-0.15, -0.1) is 0 Å². The molecule has 0 saturated carbocycles. The van der Waals surface area contributed by atoms with Crippen molar-refractivity contribution in [1.29, 1.82) is 0 Å². The summed E-state index contributed by atoms with van der Waals surface area (Å²) >= 11 is 0. The molecule has 1 amide bonds. The Morgan fingerprint density at radius 1 is 1.47 bits per heavy atom. The Morgan fingerprint density at radius 3 is 3.05 bits per heavy atom. The largest absolute Gasteiger partial charge is 0.496 e. The highest BCUT2D eigenvalue weighted by Gasteiger charge is 2.47. The normalized spacial score (nSPS) is 25.9. The van der Waals surface area contributed by atoms with Crippen LogP contribution in [0, 0.1) is 0 Å². The van der Waals surface area contributed by atoms with Crippen LogP contribution >= 0.6 is 0 Å². The molecular weight excluding hydrogens is 244 g/mol. The van der Waals surface area contributed by atoms with E-state index in [0.29, 0.717) is 13.1 Å².